The van der Waals surface area contributed by atoms with E-state index in [0.717, 1.165) is 32.5 Å². The average molecular weight is 252 g/mol. The number of carbonyl (C=O) groups is 1. The van der Waals surface area contributed by atoms with Crippen LogP contribution in [0.1, 0.15) is 39.0 Å². The maximum Gasteiger partial charge on any atom is 0.224 e. The van der Waals surface area contributed by atoms with Gasteiger partial charge >= 0.3 is 0 Å². The predicted octanol–water partition coefficient (Wildman–Crippen LogP) is 1.06. The number of ether oxygens (including phenoxy) is 1. The summed E-state index contributed by atoms with van der Waals surface area (Å²) in [5.74, 6) is 1.08. The zero-order valence-corrected chi connectivity index (χ0v) is 11.2. The van der Waals surface area contributed by atoms with Crippen molar-refractivity contribution in [2.24, 2.45) is 11.8 Å². The first-order chi connectivity index (χ1) is 8.74. The Labute approximate surface area is 109 Å². The summed E-state index contributed by atoms with van der Waals surface area (Å²) in [6.45, 7) is 3.84. The molecule has 0 radical (unpaired) electrons. The Hall–Kier alpha value is -0.610. The van der Waals surface area contributed by atoms with E-state index < -0.39 is 0 Å². The first-order valence-electron chi connectivity index (χ1n) is 7.38. The summed E-state index contributed by atoms with van der Waals surface area (Å²) in [5, 5.41) is 6.77. The average Bonchev–Trinajstić information content (AvgIpc) is 3.02. The van der Waals surface area contributed by atoms with E-state index in [-0.39, 0.29) is 11.8 Å². The summed E-state index contributed by atoms with van der Waals surface area (Å²) in [6, 6.07) is 1.33. The highest BCUT2D eigenvalue weighted by Gasteiger charge is 2.43. The van der Waals surface area contributed by atoms with Crippen LogP contribution in [0.4, 0.5) is 0 Å². The van der Waals surface area contributed by atoms with Crippen LogP contribution in [0.3, 0.4) is 0 Å². The second-order valence-electron chi connectivity index (χ2n) is 6.14. The second kappa shape index (κ2) is 5.17. The van der Waals surface area contributed by atoms with E-state index >= 15 is 0 Å². The van der Waals surface area contributed by atoms with E-state index in [1.165, 1.54) is 12.8 Å². The third-order valence-corrected chi connectivity index (χ3v) is 4.98. The molecule has 4 atom stereocenters. The molecule has 2 N–H and O–H groups in total. The Morgan fingerprint density at radius 1 is 1.28 bits per heavy atom. The lowest BCUT2D eigenvalue weighted by Crippen LogP contribution is -2.45. The van der Waals surface area contributed by atoms with E-state index in [0.29, 0.717) is 24.0 Å². The summed E-state index contributed by atoms with van der Waals surface area (Å²) in [4.78, 5) is 12.3. The van der Waals surface area contributed by atoms with Gasteiger partial charge in [0.25, 0.3) is 0 Å². The maximum atomic E-state index is 12.3. The lowest BCUT2D eigenvalue weighted by atomic mass is 9.87. The molecule has 3 aliphatic rings. The van der Waals surface area contributed by atoms with Crippen molar-refractivity contribution in [2.45, 2.75) is 57.2 Å². The van der Waals surface area contributed by atoms with Crippen LogP contribution in [0.25, 0.3) is 0 Å². The molecule has 4 nitrogen and oxygen atoms in total. The van der Waals surface area contributed by atoms with Crippen LogP contribution in [-0.4, -0.2) is 37.2 Å². The molecule has 3 rings (SSSR count). The van der Waals surface area contributed by atoms with Crippen molar-refractivity contribution in [2.75, 3.05) is 13.2 Å². The van der Waals surface area contributed by atoms with Gasteiger partial charge in [0, 0.05) is 31.3 Å². The topological polar surface area (TPSA) is 50.4 Å². The van der Waals surface area contributed by atoms with E-state index in [1.54, 1.807) is 0 Å². The smallest absolute Gasteiger partial charge is 0.224 e. The first kappa shape index (κ1) is 12.4. The lowest BCUT2D eigenvalue weighted by Gasteiger charge is -2.30. The number of carbonyl (C=O) groups excluding carboxylic acids is 1. The van der Waals surface area contributed by atoms with Gasteiger partial charge in [0.05, 0.1) is 5.92 Å². The summed E-state index contributed by atoms with van der Waals surface area (Å²) in [6.07, 6.45) is 5.63. The highest BCUT2D eigenvalue weighted by atomic mass is 16.5. The van der Waals surface area contributed by atoms with Gasteiger partial charge in [0.15, 0.2) is 0 Å². The molecule has 0 aromatic heterocycles. The van der Waals surface area contributed by atoms with Gasteiger partial charge in [-0.1, -0.05) is 0 Å². The SMILES string of the molecule is CC(NC(=O)C1CC2CCC1N2)C1CCOCC1. The summed E-state index contributed by atoms with van der Waals surface area (Å²) in [5.41, 5.74) is 0. The minimum atomic E-state index is 0.214. The van der Waals surface area contributed by atoms with Gasteiger partial charge in [0.2, 0.25) is 5.91 Å². The van der Waals surface area contributed by atoms with Crippen LogP contribution in [0.15, 0.2) is 0 Å². The summed E-state index contributed by atoms with van der Waals surface area (Å²) < 4.78 is 5.37. The van der Waals surface area contributed by atoms with Crippen LogP contribution in [0.5, 0.6) is 0 Å². The largest absolute Gasteiger partial charge is 0.381 e. The lowest BCUT2D eigenvalue weighted by molar-refractivity contribution is -0.126. The van der Waals surface area contributed by atoms with Gasteiger partial charge in [-0.25, -0.2) is 0 Å². The molecule has 3 heterocycles. The van der Waals surface area contributed by atoms with Crippen molar-refractivity contribution in [1.82, 2.24) is 10.6 Å². The number of fused-ring (bicyclic) bond motifs is 2. The van der Waals surface area contributed by atoms with Gasteiger partial charge < -0.3 is 15.4 Å². The minimum Gasteiger partial charge on any atom is -0.381 e. The highest BCUT2D eigenvalue weighted by molar-refractivity contribution is 5.80. The Morgan fingerprint density at radius 2 is 2.06 bits per heavy atom. The zero-order chi connectivity index (χ0) is 12.5. The number of amides is 1. The van der Waals surface area contributed by atoms with Crippen molar-refractivity contribution in [3.63, 3.8) is 0 Å². The second-order valence-corrected chi connectivity index (χ2v) is 6.14. The summed E-state index contributed by atoms with van der Waals surface area (Å²) >= 11 is 0. The third kappa shape index (κ3) is 2.41. The molecule has 102 valence electrons. The highest BCUT2D eigenvalue weighted by Crippen LogP contribution is 2.33. The molecule has 0 aromatic rings. The van der Waals surface area contributed by atoms with Crippen molar-refractivity contribution in [1.29, 1.82) is 0 Å². The Balaban J connectivity index is 1.51. The molecule has 3 aliphatic heterocycles. The fourth-order valence-electron chi connectivity index (χ4n) is 3.78. The predicted molar refractivity (Wildman–Crippen MR) is 69.2 cm³/mol. The van der Waals surface area contributed by atoms with E-state index in [2.05, 4.69) is 17.6 Å². The number of hydrogen-bond donors (Lipinski definition) is 2. The van der Waals surface area contributed by atoms with Crippen LogP contribution < -0.4 is 10.6 Å². The molecule has 4 heteroatoms. The monoisotopic (exact) mass is 252 g/mol. The Morgan fingerprint density at radius 3 is 2.67 bits per heavy atom. The Kier molecular flexibility index (Phi) is 3.57. The quantitative estimate of drug-likeness (QED) is 0.789. The molecule has 0 saturated carbocycles. The van der Waals surface area contributed by atoms with Crippen molar-refractivity contribution in [3.8, 4) is 0 Å². The molecule has 0 aromatic carbocycles. The first-order valence-corrected chi connectivity index (χ1v) is 7.38. The molecule has 4 unspecified atom stereocenters. The van der Waals surface area contributed by atoms with E-state index in [9.17, 15) is 4.79 Å². The summed E-state index contributed by atoms with van der Waals surface area (Å²) in [7, 11) is 0. The zero-order valence-electron chi connectivity index (χ0n) is 11.2. The molecule has 18 heavy (non-hydrogen) atoms. The number of rotatable bonds is 3. The van der Waals surface area contributed by atoms with E-state index in [4.69, 9.17) is 4.74 Å². The normalized spacial score (nSPS) is 37.7. The van der Waals surface area contributed by atoms with Crippen LogP contribution >= 0.6 is 0 Å². The van der Waals surface area contributed by atoms with Crippen LogP contribution in [0, 0.1) is 11.8 Å². The Bertz CT molecular complexity index is 315. The van der Waals surface area contributed by atoms with Crippen molar-refractivity contribution in [3.05, 3.63) is 0 Å². The standard InChI is InChI=1S/C14H24N2O2/c1-9(10-4-6-18-7-5-10)15-14(17)12-8-11-2-3-13(12)16-11/h9-13,16H,2-8H2,1H3,(H,15,17). The molecule has 3 fully saturated rings. The molecule has 0 spiro atoms. The number of hydrogen-bond acceptors (Lipinski definition) is 3. The molecular weight excluding hydrogens is 228 g/mol. The van der Waals surface area contributed by atoms with Crippen LogP contribution in [-0.2, 0) is 9.53 Å². The van der Waals surface area contributed by atoms with Gasteiger partial charge in [-0.2, -0.15) is 0 Å². The van der Waals surface area contributed by atoms with Gasteiger partial charge in [0.1, 0.15) is 0 Å². The van der Waals surface area contributed by atoms with E-state index in [1.807, 2.05) is 0 Å². The fraction of sp³-hybridized carbons (Fsp3) is 0.929. The molecule has 3 saturated heterocycles. The minimum absolute atomic E-state index is 0.214. The number of nitrogens with one attached hydrogen (secondary N) is 2. The molecule has 2 bridgehead atoms. The molecular formula is C14H24N2O2. The van der Waals surface area contributed by atoms with Gasteiger partial charge in [-0.05, 0) is 44.9 Å². The van der Waals surface area contributed by atoms with Gasteiger partial charge in [-0.3, -0.25) is 4.79 Å². The van der Waals surface area contributed by atoms with Crippen molar-refractivity contribution >= 4 is 5.91 Å². The molecule has 0 aliphatic carbocycles. The maximum absolute atomic E-state index is 12.3. The van der Waals surface area contributed by atoms with Gasteiger partial charge in [-0.15, -0.1) is 0 Å². The third-order valence-electron chi connectivity index (χ3n) is 4.98. The van der Waals surface area contributed by atoms with Crippen molar-refractivity contribution < 1.29 is 9.53 Å². The van der Waals surface area contributed by atoms with Crippen LogP contribution in [0.2, 0.25) is 0 Å². The fourth-order valence-corrected chi connectivity index (χ4v) is 3.78. The molecule has 1 amide bonds.